The minimum Gasteiger partial charge on any atom is -0.310 e. The van der Waals surface area contributed by atoms with Gasteiger partial charge in [-0.05, 0) is 41.0 Å². The zero-order valence-corrected chi connectivity index (χ0v) is 14.1. The molecular weight excluding hydrogens is 306 g/mol. The zero-order chi connectivity index (χ0) is 13.2. The molecule has 0 radical (unpaired) electrons. The molecule has 1 heterocycles. The average Bonchev–Trinajstić information content (AvgIpc) is 2.79. The van der Waals surface area contributed by atoms with Gasteiger partial charge in [0.15, 0.2) is 0 Å². The Morgan fingerprint density at radius 2 is 1.83 bits per heavy atom. The normalized spacial score (nSPS) is 12.8. The van der Waals surface area contributed by atoms with Crippen LogP contribution in [-0.4, -0.2) is 6.54 Å². The molecule has 0 amide bonds. The van der Waals surface area contributed by atoms with E-state index < -0.39 is 0 Å². The lowest BCUT2D eigenvalue weighted by Gasteiger charge is -2.16. The second-order valence-electron chi connectivity index (χ2n) is 4.81. The molecular formula is C15H26BrNS. The molecule has 1 aromatic heterocycles. The Morgan fingerprint density at radius 3 is 2.44 bits per heavy atom. The van der Waals surface area contributed by atoms with Crippen LogP contribution in [0.15, 0.2) is 15.9 Å². The molecule has 104 valence electrons. The molecule has 18 heavy (non-hydrogen) atoms. The minimum absolute atomic E-state index is 0.553. The Labute approximate surface area is 125 Å². The van der Waals surface area contributed by atoms with E-state index in [1.165, 1.54) is 53.6 Å². The van der Waals surface area contributed by atoms with E-state index in [0.29, 0.717) is 6.04 Å². The summed E-state index contributed by atoms with van der Waals surface area (Å²) in [5.41, 5.74) is 0. The van der Waals surface area contributed by atoms with E-state index in [9.17, 15) is 0 Å². The fourth-order valence-corrected chi connectivity index (χ4v) is 3.77. The quantitative estimate of drug-likeness (QED) is 0.525. The Kier molecular flexibility index (Phi) is 8.99. The van der Waals surface area contributed by atoms with Crippen LogP contribution < -0.4 is 5.32 Å². The highest BCUT2D eigenvalue weighted by molar-refractivity contribution is 9.11. The summed E-state index contributed by atoms with van der Waals surface area (Å²) in [5, 5.41) is 3.60. The lowest BCUT2D eigenvalue weighted by atomic mass is 10.0. The average molecular weight is 332 g/mol. The maximum Gasteiger partial charge on any atom is 0.0701 e. The van der Waals surface area contributed by atoms with Gasteiger partial charge in [0.1, 0.15) is 0 Å². The molecule has 0 spiro atoms. The SMILES string of the molecule is CCCCCCCCC(NCC)c1ccc(Br)s1. The van der Waals surface area contributed by atoms with E-state index in [1.807, 2.05) is 11.3 Å². The molecule has 1 unspecified atom stereocenters. The van der Waals surface area contributed by atoms with Gasteiger partial charge in [0.05, 0.1) is 3.79 Å². The van der Waals surface area contributed by atoms with Crippen LogP contribution in [-0.2, 0) is 0 Å². The summed E-state index contributed by atoms with van der Waals surface area (Å²) in [5.74, 6) is 0. The number of hydrogen-bond donors (Lipinski definition) is 1. The largest absolute Gasteiger partial charge is 0.310 e. The maximum absolute atomic E-state index is 3.60. The first-order chi connectivity index (χ1) is 8.77. The van der Waals surface area contributed by atoms with Gasteiger partial charge in [-0.3, -0.25) is 0 Å². The van der Waals surface area contributed by atoms with Crippen LogP contribution in [0.25, 0.3) is 0 Å². The number of thiophene rings is 1. The lowest BCUT2D eigenvalue weighted by molar-refractivity contribution is 0.482. The van der Waals surface area contributed by atoms with Crippen molar-refractivity contribution in [2.45, 2.75) is 64.8 Å². The second kappa shape index (κ2) is 9.99. The summed E-state index contributed by atoms with van der Waals surface area (Å²) in [7, 11) is 0. The summed E-state index contributed by atoms with van der Waals surface area (Å²) in [6.45, 7) is 5.52. The Balaban J connectivity index is 2.26. The van der Waals surface area contributed by atoms with Crippen LogP contribution in [0.3, 0.4) is 0 Å². The van der Waals surface area contributed by atoms with Crippen LogP contribution in [0, 0.1) is 0 Å². The highest BCUT2D eigenvalue weighted by Crippen LogP contribution is 2.30. The van der Waals surface area contributed by atoms with Crippen molar-refractivity contribution in [3.63, 3.8) is 0 Å². The summed E-state index contributed by atoms with van der Waals surface area (Å²) < 4.78 is 1.24. The van der Waals surface area contributed by atoms with E-state index in [-0.39, 0.29) is 0 Å². The Morgan fingerprint density at radius 1 is 1.11 bits per heavy atom. The molecule has 1 nitrogen and oxygen atoms in total. The van der Waals surface area contributed by atoms with Crippen molar-refractivity contribution >= 4 is 27.3 Å². The van der Waals surface area contributed by atoms with Gasteiger partial charge in [-0.2, -0.15) is 0 Å². The van der Waals surface area contributed by atoms with Crippen LogP contribution in [0.4, 0.5) is 0 Å². The van der Waals surface area contributed by atoms with E-state index in [4.69, 9.17) is 0 Å². The summed E-state index contributed by atoms with van der Waals surface area (Å²) in [6, 6.07) is 4.96. The standard InChI is InChI=1S/C15H26BrNS/c1-3-5-6-7-8-9-10-13(17-4-2)14-11-12-15(16)18-14/h11-13,17H,3-10H2,1-2H3. The van der Waals surface area contributed by atoms with Crippen molar-refractivity contribution in [3.05, 3.63) is 20.8 Å². The highest BCUT2D eigenvalue weighted by atomic mass is 79.9. The first-order valence-corrected chi connectivity index (χ1v) is 8.87. The molecule has 0 aliphatic rings. The smallest absolute Gasteiger partial charge is 0.0701 e. The number of nitrogens with one attached hydrogen (secondary N) is 1. The minimum atomic E-state index is 0.553. The molecule has 1 rings (SSSR count). The van der Waals surface area contributed by atoms with Gasteiger partial charge in [0.2, 0.25) is 0 Å². The van der Waals surface area contributed by atoms with E-state index in [1.54, 1.807) is 0 Å². The monoisotopic (exact) mass is 331 g/mol. The second-order valence-corrected chi connectivity index (χ2v) is 7.30. The molecule has 3 heteroatoms. The van der Waals surface area contributed by atoms with Crippen molar-refractivity contribution in [1.29, 1.82) is 0 Å². The fraction of sp³-hybridized carbons (Fsp3) is 0.733. The fourth-order valence-electron chi connectivity index (χ4n) is 2.24. The van der Waals surface area contributed by atoms with Gasteiger partial charge in [-0.1, -0.05) is 52.4 Å². The van der Waals surface area contributed by atoms with E-state index >= 15 is 0 Å². The van der Waals surface area contributed by atoms with E-state index in [0.717, 1.165) is 6.54 Å². The molecule has 0 aliphatic carbocycles. The predicted molar refractivity (Wildman–Crippen MR) is 86.4 cm³/mol. The van der Waals surface area contributed by atoms with Gasteiger partial charge in [0.25, 0.3) is 0 Å². The first-order valence-electron chi connectivity index (χ1n) is 7.26. The number of unbranched alkanes of at least 4 members (excludes halogenated alkanes) is 5. The molecule has 0 bridgehead atoms. The van der Waals surface area contributed by atoms with Crippen LogP contribution >= 0.6 is 27.3 Å². The summed E-state index contributed by atoms with van der Waals surface area (Å²) >= 11 is 5.41. The predicted octanol–water partition coefficient (Wildman–Crippen LogP) is 5.91. The summed E-state index contributed by atoms with van der Waals surface area (Å²) in [4.78, 5) is 1.47. The molecule has 1 N–H and O–H groups in total. The molecule has 1 aromatic rings. The van der Waals surface area contributed by atoms with Gasteiger partial charge in [-0.15, -0.1) is 11.3 Å². The van der Waals surface area contributed by atoms with Gasteiger partial charge in [-0.25, -0.2) is 0 Å². The molecule has 1 atom stereocenters. The van der Waals surface area contributed by atoms with Crippen molar-refractivity contribution in [3.8, 4) is 0 Å². The van der Waals surface area contributed by atoms with Gasteiger partial charge >= 0.3 is 0 Å². The molecule has 0 saturated carbocycles. The third-order valence-electron chi connectivity index (χ3n) is 3.23. The first kappa shape index (κ1) is 16.2. The highest BCUT2D eigenvalue weighted by Gasteiger charge is 2.11. The van der Waals surface area contributed by atoms with Crippen molar-refractivity contribution in [1.82, 2.24) is 5.32 Å². The molecule has 0 aromatic carbocycles. The van der Waals surface area contributed by atoms with Crippen LogP contribution in [0.1, 0.15) is 69.7 Å². The third-order valence-corrected chi connectivity index (χ3v) is 4.97. The molecule has 0 aliphatic heterocycles. The van der Waals surface area contributed by atoms with Crippen molar-refractivity contribution < 1.29 is 0 Å². The van der Waals surface area contributed by atoms with Gasteiger partial charge in [0, 0.05) is 10.9 Å². The Bertz CT molecular complexity index is 311. The number of hydrogen-bond acceptors (Lipinski definition) is 2. The van der Waals surface area contributed by atoms with Gasteiger partial charge < -0.3 is 5.32 Å². The zero-order valence-electron chi connectivity index (χ0n) is 11.7. The Hall–Kier alpha value is 0.140. The third kappa shape index (κ3) is 6.35. The summed E-state index contributed by atoms with van der Waals surface area (Å²) in [6.07, 6.45) is 9.55. The van der Waals surface area contributed by atoms with Crippen LogP contribution in [0.5, 0.6) is 0 Å². The number of rotatable bonds is 10. The van der Waals surface area contributed by atoms with Crippen LogP contribution in [0.2, 0.25) is 0 Å². The maximum atomic E-state index is 3.60. The lowest BCUT2D eigenvalue weighted by Crippen LogP contribution is -2.19. The molecule has 0 fully saturated rings. The topological polar surface area (TPSA) is 12.0 Å². The van der Waals surface area contributed by atoms with Crippen molar-refractivity contribution in [2.24, 2.45) is 0 Å². The van der Waals surface area contributed by atoms with E-state index in [2.05, 4.69) is 47.2 Å². The van der Waals surface area contributed by atoms with Crippen molar-refractivity contribution in [2.75, 3.05) is 6.54 Å². The number of halogens is 1. The molecule has 0 saturated heterocycles.